The van der Waals surface area contributed by atoms with Crippen LogP contribution in [0.15, 0.2) is 18.5 Å². The average molecular weight is 263 g/mol. The molecule has 1 amide bonds. The summed E-state index contributed by atoms with van der Waals surface area (Å²) in [4.78, 5) is 11.3. The molecule has 1 rings (SSSR count). The third-order valence-electron chi connectivity index (χ3n) is 2.52. The van der Waals surface area contributed by atoms with Crippen LogP contribution in [-0.2, 0) is 11.3 Å². The first-order chi connectivity index (χ1) is 8.31. The van der Waals surface area contributed by atoms with E-state index in [2.05, 4.69) is 5.32 Å². The fourth-order valence-corrected chi connectivity index (χ4v) is 1.40. The molecule has 0 aliphatic rings. The topological polar surface area (TPSA) is 46.1 Å². The molecule has 0 bridgehead atoms. The molecule has 0 radical (unpaired) electrons. The highest BCUT2D eigenvalue weighted by Gasteiger charge is 2.27. The van der Waals surface area contributed by atoms with Crippen molar-refractivity contribution in [2.24, 2.45) is 0 Å². The first kappa shape index (κ1) is 14.6. The highest BCUT2D eigenvalue weighted by molar-refractivity contribution is 5.75. The monoisotopic (exact) mass is 263 g/mol. The van der Waals surface area contributed by atoms with Gasteiger partial charge in [-0.1, -0.05) is 0 Å². The largest absolute Gasteiger partial charge is 0.405 e. The Morgan fingerprint density at radius 1 is 1.50 bits per heavy atom. The van der Waals surface area contributed by atoms with Crippen molar-refractivity contribution in [2.45, 2.75) is 25.7 Å². The summed E-state index contributed by atoms with van der Waals surface area (Å²) in [6.07, 6.45) is -0.983. The normalized spacial score (nSPS) is 13.4. The lowest BCUT2D eigenvalue weighted by Gasteiger charge is -2.09. The Morgan fingerprint density at radius 3 is 2.72 bits per heavy atom. The molecule has 102 valence electrons. The maximum atomic E-state index is 11.9. The average Bonchev–Trinajstić information content (AvgIpc) is 2.73. The second kappa shape index (κ2) is 5.90. The van der Waals surface area contributed by atoms with Crippen molar-refractivity contribution in [3.8, 4) is 0 Å². The zero-order valence-corrected chi connectivity index (χ0v) is 10.2. The number of alkyl halides is 3. The zero-order valence-electron chi connectivity index (χ0n) is 10.2. The molecule has 1 atom stereocenters. The molecule has 0 fully saturated rings. The molecule has 0 aliphatic heterocycles. The predicted molar refractivity (Wildman–Crippen MR) is 61.0 cm³/mol. The van der Waals surface area contributed by atoms with Gasteiger partial charge in [0.15, 0.2) is 0 Å². The van der Waals surface area contributed by atoms with Gasteiger partial charge in [-0.15, -0.1) is 0 Å². The van der Waals surface area contributed by atoms with E-state index in [1.165, 1.54) is 0 Å². The van der Waals surface area contributed by atoms with E-state index in [1.807, 2.05) is 18.3 Å². The summed E-state index contributed by atoms with van der Waals surface area (Å²) in [6, 6.07) is 1.95. The molecule has 7 heteroatoms. The van der Waals surface area contributed by atoms with Gasteiger partial charge in [-0.25, -0.2) is 0 Å². The SMILES string of the molecule is CNC(C)c1ccn(CC(=O)NCC(F)(F)F)c1. The Bertz CT molecular complexity index is 400. The molecular weight excluding hydrogens is 247 g/mol. The lowest BCUT2D eigenvalue weighted by Crippen LogP contribution is -2.35. The van der Waals surface area contributed by atoms with E-state index in [0.717, 1.165) is 5.56 Å². The molecule has 2 N–H and O–H groups in total. The van der Waals surface area contributed by atoms with Gasteiger partial charge in [-0.3, -0.25) is 4.79 Å². The molecule has 1 unspecified atom stereocenters. The molecule has 1 aromatic rings. The van der Waals surface area contributed by atoms with E-state index in [1.54, 1.807) is 24.0 Å². The Kier molecular flexibility index (Phi) is 4.77. The van der Waals surface area contributed by atoms with Crippen LogP contribution in [-0.4, -0.2) is 30.2 Å². The summed E-state index contributed by atoms with van der Waals surface area (Å²) in [5, 5.41) is 4.85. The molecule has 0 spiro atoms. The Morgan fingerprint density at radius 2 is 2.17 bits per heavy atom. The van der Waals surface area contributed by atoms with Crippen molar-refractivity contribution in [1.29, 1.82) is 0 Å². The van der Waals surface area contributed by atoms with Crippen LogP contribution in [0.3, 0.4) is 0 Å². The fraction of sp³-hybridized carbons (Fsp3) is 0.545. The van der Waals surface area contributed by atoms with Gasteiger partial charge < -0.3 is 15.2 Å². The van der Waals surface area contributed by atoms with Crippen molar-refractivity contribution in [1.82, 2.24) is 15.2 Å². The first-order valence-electron chi connectivity index (χ1n) is 5.48. The van der Waals surface area contributed by atoms with E-state index in [4.69, 9.17) is 0 Å². The fourth-order valence-electron chi connectivity index (χ4n) is 1.40. The van der Waals surface area contributed by atoms with Gasteiger partial charge in [0.2, 0.25) is 5.91 Å². The summed E-state index contributed by atoms with van der Waals surface area (Å²) in [5.41, 5.74) is 0.973. The first-order valence-corrected chi connectivity index (χ1v) is 5.48. The molecular formula is C11H16F3N3O. The Hall–Kier alpha value is -1.50. The second-order valence-corrected chi connectivity index (χ2v) is 4.02. The van der Waals surface area contributed by atoms with E-state index in [9.17, 15) is 18.0 Å². The minimum atomic E-state index is -4.38. The Labute approximate surface area is 103 Å². The molecule has 4 nitrogen and oxygen atoms in total. The second-order valence-electron chi connectivity index (χ2n) is 4.02. The van der Waals surface area contributed by atoms with E-state index >= 15 is 0 Å². The summed E-state index contributed by atoms with van der Waals surface area (Å²) >= 11 is 0. The maximum absolute atomic E-state index is 11.9. The zero-order chi connectivity index (χ0) is 13.8. The van der Waals surface area contributed by atoms with Crippen LogP contribution in [0.4, 0.5) is 13.2 Å². The van der Waals surface area contributed by atoms with Crippen LogP contribution >= 0.6 is 0 Å². The van der Waals surface area contributed by atoms with E-state index in [-0.39, 0.29) is 12.6 Å². The number of amides is 1. The van der Waals surface area contributed by atoms with Crippen LogP contribution in [0, 0.1) is 0 Å². The van der Waals surface area contributed by atoms with Crippen LogP contribution < -0.4 is 10.6 Å². The third kappa shape index (κ3) is 4.79. The summed E-state index contributed by atoms with van der Waals surface area (Å²) in [6.45, 7) is 0.531. The summed E-state index contributed by atoms with van der Waals surface area (Å²) in [5.74, 6) is -0.661. The number of hydrogen-bond acceptors (Lipinski definition) is 2. The number of carbonyl (C=O) groups is 1. The molecule has 0 saturated heterocycles. The number of nitrogens with one attached hydrogen (secondary N) is 2. The van der Waals surface area contributed by atoms with Gasteiger partial charge in [0, 0.05) is 18.4 Å². The molecule has 0 saturated carbocycles. The predicted octanol–water partition coefficient (Wildman–Crippen LogP) is 1.45. The number of carbonyl (C=O) groups excluding carboxylic acids is 1. The molecule has 1 heterocycles. The van der Waals surface area contributed by atoms with Crippen LogP contribution in [0.2, 0.25) is 0 Å². The van der Waals surface area contributed by atoms with Gasteiger partial charge in [0.1, 0.15) is 13.1 Å². The standard InChI is InChI=1S/C11H16F3N3O/c1-8(15-2)9-3-4-17(5-9)6-10(18)16-7-11(12,13)14/h3-5,8,15H,6-7H2,1-2H3,(H,16,18). The van der Waals surface area contributed by atoms with Gasteiger partial charge in [0.25, 0.3) is 0 Å². The lowest BCUT2D eigenvalue weighted by molar-refractivity contribution is -0.138. The third-order valence-corrected chi connectivity index (χ3v) is 2.52. The van der Waals surface area contributed by atoms with Gasteiger partial charge in [0.05, 0.1) is 0 Å². The quantitative estimate of drug-likeness (QED) is 0.844. The molecule has 18 heavy (non-hydrogen) atoms. The summed E-state index contributed by atoms with van der Waals surface area (Å²) in [7, 11) is 1.80. The van der Waals surface area contributed by atoms with Crippen molar-refractivity contribution in [3.63, 3.8) is 0 Å². The highest BCUT2D eigenvalue weighted by atomic mass is 19.4. The molecule has 0 aliphatic carbocycles. The van der Waals surface area contributed by atoms with Crippen molar-refractivity contribution in [2.75, 3.05) is 13.6 Å². The number of rotatable bonds is 5. The van der Waals surface area contributed by atoms with Gasteiger partial charge in [-0.2, -0.15) is 13.2 Å². The Balaban J connectivity index is 2.47. The highest BCUT2D eigenvalue weighted by Crippen LogP contribution is 2.13. The number of aromatic nitrogens is 1. The van der Waals surface area contributed by atoms with Crippen molar-refractivity contribution < 1.29 is 18.0 Å². The van der Waals surface area contributed by atoms with E-state index < -0.39 is 18.6 Å². The van der Waals surface area contributed by atoms with Crippen LogP contribution in [0.1, 0.15) is 18.5 Å². The van der Waals surface area contributed by atoms with Gasteiger partial charge >= 0.3 is 6.18 Å². The number of halogens is 3. The number of nitrogens with zero attached hydrogens (tertiary/aromatic N) is 1. The van der Waals surface area contributed by atoms with Gasteiger partial charge in [-0.05, 0) is 25.6 Å². The summed E-state index contributed by atoms with van der Waals surface area (Å²) < 4.78 is 37.2. The van der Waals surface area contributed by atoms with Crippen molar-refractivity contribution in [3.05, 3.63) is 24.0 Å². The number of hydrogen-bond donors (Lipinski definition) is 2. The molecule has 0 aromatic carbocycles. The van der Waals surface area contributed by atoms with Crippen LogP contribution in [0.25, 0.3) is 0 Å². The minimum absolute atomic E-state index is 0.119. The van der Waals surface area contributed by atoms with Crippen LogP contribution in [0.5, 0.6) is 0 Å². The minimum Gasteiger partial charge on any atom is -0.345 e. The maximum Gasteiger partial charge on any atom is 0.405 e. The van der Waals surface area contributed by atoms with E-state index in [0.29, 0.717) is 0 Å². The van der Waals surface area contributed by atoms with Crippen molar-refractivity contribution >= 4 is 5.91 Å². The smallest absolute Gasteiger partial charge is 0.345 e. The lowest BCUT2D eigenvalue weighted by atomic mass is 10.2. The molecule has 1 aromatic heterocycles.